The summed E-state index contributed by atoms with van der Waals surface area (Å²) in [6.45, 7) is 5.26. The van der Waals surface area contributed by atoms with E-state index in [1.165, 1.54) is 24.3 Å². The number of halogens is 7. The molecule has 0 amide bonds. The Bertz CT molecular complexity index is 582. The molecular formula is C17H21F7O2. The van der Waals surface area contributed by atoms with Crippen LogP contribution in [0.25, 0.3) is 0 Å². The van der Waals surface area contributed by atoms with Crippen LogP contribution >= 0.6 is 0 Å². The zero-order valence-electron chi connectivity index (χ0n) is 14.8. The zero-order chi connectivity index (χ0) is 20.4. The Hall–Kier alpha value is -1.51. The van der Waals surface area contributed by atoms with E-state index in [-0.39, 0.29) is 11.5 Å². The van der Waals surface area contributed by atoms with Crippen LogP contribution in [0.2, 0.25) is 0 Å². The fourth-order valence-electron chi connectivity index (χ4n) is 2.20. The van der Waals surface area contributed by atoms with Gasteiger partial charge in [-0.25, -0.2) is 0 Å². The predicted molar refractivity (Wildman–Crippen MR) is 81.7 cm³/mol. The number of ether oxygens (including phenoxy) is 2. The van der Waals surface area contributed by atoms with Crippen molar-refractivity contribution in [3.8, 4) is 5.75 Å². The molecule has 150 valence electrons. The lowest BCUT2D eigenvalue weighted by atomic mass is 9.87. The van der Waals surface area contributed by atoms with Gasteiger partial charge in [0.05, 0.1) is 18.6 Å². The lowest BCUT2D eigenvalue weighted by Crippen LogP contribution is -2.54. The van der Waals surface area contributed by atoms with Gasteiger partial charge in [-0.15, -0.1) is 0 Å². The summed E-state index contributed by atoms with van der Waals surface area (Å²) in [6, 6.07) is 5.41. The van der Waals surface area contributed by atoms with Crippen LogP contribution < -0.4 is 4.74 Å². The highest BCUT2D eigenvalue weighted by molar-refractivity contribution is 5.31. The normalized spacial score (nSPS) is 15.8. The van der Waals surface area contributed by atoms with Crippen LogP contribution in [-0.2, 0) is 10.3 Å². The van der Waals surface area contributed by atoms with Gasteiger partial charge in [0.25, 0.3) is 0 Å². The number of hydrogen-bond acceptors (Lipinski definition) is 2. The predicted octanol–water partition coefficient (Wildman–Crippen LogP) is 5.81. The van der Waals surface area contributed by atoms with Crippen LogP contribution in [0.1, 0.15) is 32.8 Å². The molecule has 1 aromatic rings. The number of hydrogen-bond donors (Lipinski definition) is 0. The van der Waals surface area contributed by atoms with Crippen LogP contribution in [-0.4, -0.2) is 31.7 Å². The molecule has 0 bridgehead atoms. The first kappa shape index (κ1) is 22.5. The van der Waals surface area contributed by atoms with Crippen molar-refractivity contribution in [1.82, 2.24) is 0 Å². The highest BCUT2D eigenvalue weighted by Gasteiger charge is 2.73. The average Bonchev–Trinajstić information content (AvgIpc) is 2.51. The molecule has 0 aromatic heterocycles. The van der Waals surface area contributed by atoms with Crippen LogP contribution in [0.4, 0.5) is 30.7 Å². The standard InChI is InChI=1S/C17H21F7O2/c1-11(2)9-26-13-7-5-12(6-8-13)14(3,25-4)10-15(18,19)16(20,21)17(22,23)24/h5-8,11H,9-10H2,1-4H3. The van der Waals surface area contributed by atoms with E-state index in [0.717, 1.165) is 14.0 Å². The quantitative estimate of drug-likeness (QED) is 0.522. The first-order chi connectivity index (χ1) is 11.7. The van der Waals surface area contributed by atoms with E-state index in [1.54, 1.807) is 0 Å². The Kier molecular flexibility index (Phi) is 6.60. The van der Waals surface area contributed by atoms with Gasteiger partial charge in [-0.3, -0.25) is 0 Å². The Morgan fingerprint density at radius 1 is 0.923 bits per heavy atom. The molecule has 0 saturated carbocycles. The van der Waals surface area contributed by atoms with Crippen LogP contribution in [0, 0.1) is 5.92 Å². The van der Waals surface area contributed by atoms with Gasteiger partial charge in [-0.05, 0) is 30.5 Å². The second-order valence-electron chi connectivity index (χ2n) is 6.62. The summed E-state index contributed by atoms with van der Waals surface area (Å²) in [7, 11) is 0.963. The molecule has 0 heterocycles. The van der Waals surface area contributed by atoms with Gasteiger partial charge in [-0.1, -0.05) is 26.0 Å². The molecule has 0 spiro atoms. The first-order valence-electron chi connectivity index (χ1n) is 7.77. The summed E-state index contributed by atoms with van der Waals surface area (Å²) in [5, 5.41) is 0. The average molecular weight is 390 g/mol. The molecular weight excluding hydrogens is 369 g/mol. The monoisotopic (exact) mass is 390 g/mol. The van der Waals surface area contributed by atoms with Crippen LogP contribution in [0.3, 0.4) is 0 Å². The number of benzene rings is 1. The number of methoxy groups -OCH3 is 1. The lowest BCUT2D eigenvalue weighted by molar-refractivity contribution is -0.361. The van der Waals surface area contributed by atoms with Crippen molar-refractivity contribution in [2.45, 2.75) is 50.8 Å². The third-order valence-electron chi connectivity index (χ3n) is 3.87. The fraction of sp³-hybridized carbons (Fsp3) is 0.647. The van der Waals surface area contributed by atoms with Crippen molar-refractivity contribution in [1.29, 1.82) is 0 Å². The summed E-state index contributed by atoms with van der Waals surface area (Å²) < 4.78 is 101. The fourth-order valence-corrected chi connectivity index (χ4v) is 2.20. The summed E-state index contributed by atoms with van der Waals surface area (Å²) in [4.78, 5) is 0. The molecule has 1 unspecified atom stereocenters. The summed E-state index contributed by atoms with van der Waals surface area (Å²) in [5.41, 5.74) is -2.04. The molecule has 9 heteroatoms. The van der Waals surface area contributed by atoms with Gasteiger partial charge in [0.15, 0.2) is 0 Å². The molecule has 26 heavy (non-hydrogen) atoms. The maximum Gasteiger partial charge on any atom is 0.459 e. The van der Waals surface area contributed by atoms with Crippen molar-refractivity contribution >= 4 is 0 Å². The molecule has 1 aromatic carbocycles. The molecule has 0 N–H and O–H groups in total. The van der Waals surface area contributed by atoms with Gasteiger partial charge >= 0.3 is 18.0 Å². The molecule has 0 aliphatic carbocycles. The van der Waals surface area contributed by atoms with E-state index in [2.05, 4.69) is 0 Å². The summed E-state index contributed by atoms with van der Waals surface area (Å²) in [6.07, 6.45) is -8.23. The second-order valence-corrected chi connectivity index (χ2v) is 6.62. The van der Waals surface area contributed by atoms with Crippen LogP contribution in [0.5, 0.6) is 5.75 Å². The number of alkyl halides is 7. The molecule has 1 rings (SSSR count). The molecule has 0 fully saturated rings. The van der Waals surface area contributed by atoms with Crippen LogP contribution in [0.15, 0.2) is 24.3 Å². The third kappa shape index (κ3) is 4.81. The van der Waals surface area contributed by atoms with E-state index in [0.29, 0.717) is 12.4 Å². The van der Waals surface area contributed by atoms with E-state index in [1.807, 2.05) is 13.8 Å². The Morgan fingerprint density at radius 3 is 1.81 bits per heavy atom. The van der Waals surface area contributed by atoms with Gasteiger partial charge in [0.2, 0.25) is 0 Å². The third-order valence-corrected chi connectivity index (χ3v) is 3.87. The maximum absolute atomic E-state index is 13.8. The largest absolute Gasteiger partial charge is 0.493 e. The highest BCUT2D eigenvalue weighted by Crippen LogP contribution is 2.51. The SMILES string of the molecule is COC(C)(CC(F)(F)C(F)(F)C(F)(F)F)c1ccc(OCC(C)C)cc1. The number of rotatable bonds is 8. The minimum atomic E-state index is -6.38. The minimum absolute atomic E-state index is 0.0227. The molecule has 0 aliphatic heterocycles. The molecule has 2 nitrogen and oxygen atoms in total. The van der Waals surface area contributed by atoms with E-state index >= 15 is 0 Å². The molecule has 1 atom stereocenters. The van der Waals surface area contributed by atoms with Crippen molar-refractivity contribution < 1.29 is 40.2 Å². The van der Waals surface area contributed by atoms with E-state index < -0.39 is 30.0 Å². The Labute approximate surface area is 147 Å². The van der Waals surface area contributed by atoms with Crippen molar-refractivity contribution in [3.63, 3.8) is 0 Å². The molecule has 0 saturated heterocycles. The second kappa shape index (κ2) is 7.62. The van der Waals surface area contributed by atoms with Gasteiger partial charge in [-0.2, -0.15) is 30.7 Å². The van der Waals surface area contributed by atoms with Gasteiger partial charge in [0, 0.05) is 7.11 Å². The van der Waals surface area contributed by atoms with Gasteiger partial charge in [0.1, 0.15) is 5.75 Å². The van der Waals surface area contributed by atoms with Crippen molar-refractivity contribution in [3.05, 3.63) is 29.8 Å². The maximum atomic E-state index is 13.8. The van der Waals surface area contributed by atoms with Crippen molar-refractivity contribution in [2.24, 2.45) is 5.92 Å². The Balaban J connectivity index is 3.07. The topological polar surface area (TPSA) is 18.5 Å². The zero-order valence-corrected chi connectivity index (χ0v) is 14.8. The minimum Gasteiger partial charge on any atom is -0.493 e. The first-order valence-corrected chi connectivity index (χ1v) is 7.77. The van der Waals surface area contributed by atoms with E-state index in [9.17, 15) is 30.7 Å². The summed E-state index contributed by atoms with van der Waals surface area (Å²) >= 11 is 0. The molecule has 0 aliphatic rings. The smallest absolute Gasteiger partial charge is 0.459 e. The van der Waals surface area contributed by atoms with E-state index in [4.69, 9.17) is 9.47 Å². The van der Waals surface area contributed by atoms with Gasteiger partial charge < -0.3 is 9.47 Å². The lowest BCUT2D eigenvalue weighted by Gasteiger charge is -2.36. The highest BCUT2D eigenvalue weighted by atomic mass is 19.4. The Morgan fingerprint density at radius 2 is 1.42 bits per heavy atom. The molecule has 0 radical (unpaired) electrons. The summed E-state index contributed by atoms with van der Waals surface area (Å²) in [5.74, 6) is -10.9. The van der Waals surface area contributed by atoms with Crippen molar-refractivity contribution in [2.75, 3.05) is 13.7 Å².